The van der Waals surface area contributed by atoms with Crippen LogP contribution in [0, 0.1) is 6.92 Å². The maximum atomic E-state index is 12.1. The summed E-state index contributed by atoms with van der Waals surface area (Å²) in [5.74, 6) is -2.07. The molecule has 0 aliphatic heterocycles. The van der Waals surface area contributed by atoms with Crippen molar-refractivity contribution in [2.45, 2.75) is 20.8 Å². The van der Waals surface area contributed by atoms with Crippen molar-refractivity contribution in [2.75, 3.05) is 13.2 Å². The first-order valence-electron chi connectivity index (χ1n) is 6.60. The van der Waals surface area contributed by atoms with Crippen molar-refractivity contribution in [3.05, 3.63) is 47.0 Å². The minimum Gasteiger partial charge on any atom is -0.479 e. The minimum absolute atomic E-state index is 0.113. The van der Waals surface area contributed by atoms with Gasteiger partial charge in [-0.3, -0.25) is 4.79 Å². The highest BCUT2D eigenvalue weighted by atomic mass is 16.6. The van der Waals surface area contributed by atoms with E-state index >= 15 is 0 Å². The van der Waals surface area contributed by atoms with Gasteiger partial charge in [0.05, 0.1) is 13.2 Å². The molecule has 0 bridgehead atoms. The topological polar surface area (TPSA) is 84.9 Å². The summed E-state index contributed by atoms with van der Waals surface area (Å²) in [5.41, 5.74) is 0.945. The zero-order valence-electron chi connectivity index (χ0n) is 12.3. The fourth-order valence-corrected chi connectivity index (χ4v) is 1.49. The minimum atomic E-state index is -0.857. The Morgan fingerprint density at radius 1 is 1.10 bits per heavy atom. The van der Waals surface area contributed by atoms with Crippen LogP contribution in [0.4, 0.5) is 0 Å². The highest BCUT2D eigenvalue weighted by molar-refractivity contribution is 6.01. The number of rotatable bonds is 6. The lowest BCUT2D eigenvalue weighted by Gasteiger charge is -2.11. The standard InChI is InChI=1S/C15H19NO5/c1-4-20-14(18)12(15(19)21-5-2)16-13(17)11-8-6-10(3)7-9-11/h6-9,18H,4-5H2,1-3H3,(H,16,17)/b14-12+. The van der Waals surface area contributed by atoms with Crippen LogP contribution in [-0.2, 0) is 14.3 Å². The number of nitrogens with one attached hydrogen (secondary N) is 1. The van der Waals surface area contributed by atoms with Gasteiger partial charge in [-0.2, -0.15) is 0 Å². The van der Waals surface area contributed by atoms with Gasteiger partial charge < -0.3 is 19.9 Å². The summed E-state index contributed by atoms with van der Waals surface area (Å²) in [6, 6.07) is 6.77. The zero-order valence-corrected chi connectivity index (χ0v) is 12.3. The second-order valence-electron chi connectivity index (χ2n) is 4.15. The summed E-state index contributed by atoms with van der Waals surface area (Å²) < 4.78 is 9.62. The molecule has 114 valence electrons. The van der Waals surface area contributed by atoms with Crippen LogP contribution in [0.2, 0.25) is 0 Å². The summed E-state index contributed by atoms with van der Waals surface area (Å²) in [5, 5.41) is 12.0. The van der Waals surface area contributed by atoms with Crippen molar-refractivity contribution in [3.8, 4) is 0 Å². The number of ether oxygens (including phenoxy) is 2. The van der Waals surface area contributed by atoms with Crippen LogP contribution in [0.5, 0.6) is 0 Å². The first-order valence-corrected chi connectivity index (χ1v) is 6.60. The Labute approximate surface area is 123 Å². The molecular weight excluding hydrogens is 274 g/mol. The normalized spacial score (nSPS) is 11.4. The fourth-order valence-electron chi connectivity index (χ4n) is 1.49. The number of aryl methyl sites for hydroxylation is 1. The SMILES string of the molecule is CCOC(=O)/C(NC(=O)c1ccc(C)cc1)=C(/O)OCC. The highest BCUT2D eigenvalue weighted by Crippen LogP contribution is 2.07. The van der Waals surface area contributed by atoms with Crippen molar-refractivity contribution in [1.29, 1.82) is 0 Å². The molecule has 0 atom stereocenters. The molecule has 6 heteroatoms. The third kappa shape index (κ3) is 4.83. The quantitative estimate of drug-likeness (QED) is 0.476. The van der Waals surface area contributed by atoms with Crippen LogP contribution < -0.4 is 5.32 Å². The van der Waals surface area contributed by atoms with Gasteiger partial charge in [0, 0.05) is 5.56 Å². The van der Waals surface area contributed by atoms with Crippen LogP contribution in [0.1, 0.15) is 29.8 Å². The lowest BCUT2D eigenvalue weighted by molar-refractivity contribution is -0.139. The van der Waals surface area contributed by atoms with E-state index in [0.717, 1.165) is 5.56 Å². The van der Waals surface area contributed by atoms with Gasteiger partial charge in [0.25, 0.3) is 5.91 Å². The maximum Gasteiger partial charge on any atom is 0.362 e. The van der Waals surface area contributed by atoms with Crippen molar-refractivity contribution in [1.82, 2.24) is 5.32 Å². The van der Waals surface area contributed by atoms with Gasteiger partial charge in [0.15, 0.2) is 0 Å². The second-order valence-corrected chi connectivity index (χ2v) is 4.15. The van der Waals surface area contributed by atoms with E-state index in [1.807, 2.05) is 6.92 Å². The molecule has 1 rings (SSSR count). The van der Waals surface area contributed by atoms with Crippen LogP contribution >= 0.6 is 0 Å². The molecule has 1 aromatic carbocycles. The number of amides is 1. The molecular formula is C15H19NO5. The van der Waals surface area contributed by atoms with Gasteiger partial charge in [-0.15, -0.1) is 0 Å². The van der Waals surface area contributed by atoms with Crippen molar-refractivity contribution in [2.24, 2.45) is 0 Å². The highest BCUT2D eigenvalue weighted by Gasteiger charge is 2.21. The van der Waals surface area contributed by atoms with Gasteiger partial charge >= 0.3 is 11.9 Å². The number of aliphatic hydroxyl groups excluding tert-OH is 1. The molecule has 1 amide bonds. The number of carbonyl (C=O) groups is 2. The van der Waals surface area contributed by atoms with Crippen molar-refractivity contribution >= 4 is 11.9 Å². The molecule has 0 saturated heterocycles. The molecule has 0 spiro atoms. The largest absolute Gasteiger partial charge is 0.479 e. The van der Waals surface area contributed by atoms with E-state index in [0.29, 0.717) is 5.56 Å². The smallest absolute Gasteiger partial charge is 0.362 e. The van der Waals surface area contributed by atoms with E-state index in [4.69, 9.17) is 9.47 Å². The monoisotopic (exact) mass is 293 g/mol. The van der Waals surface area contributed by atoms with Gasteiger partial charge in [0.1, 0.15) is 0 Å². The van der Waals surface area contributed by atoms with Gasteiger partial charge in [-0.05, 0) is 32.9 Å². The second kappa shape index (κ2) is 7.94. The summed E-state index contributed by atoms with van der Waals surface area (Å²) >= 11 is 0. The van der Waals surface area contributed by atoms with Crippen LogP contribution in [-0.4, -0.2) is 30.2 Å². The van der Waals surface area contributed by atoms with E-state index in [9.17, 15) is 14.7 Å². The Balaban J connectivity index is 2.95. The average molecular weight is 293 g/mol. The maximum absolute atomic E-state index is 12.1. The Bertz CT molecular complexity index is 533. The Kier molecular flexibility index (Phi) is 6.26. The first-order chi connectivity index (χ1) is 9.99. The van der Waals surface area contributed by atoms with Crippen LogP contribution in [0.15, 0.2) is 35.9 Å². The summed E-state index contributed by atoms with van der Waals surface area (Å²) in [4.78, 5) is 23.8. The molecule has 0 aliphatic rings. The Hall–Kier alpha value is -2.50. The lowest BCUT2D eigenvalue weighted by atomic mass is 10.1. The molecule has 0 aliphatic carbocycles. The summed E-state index contributed by atoms with van der Waals surface area (Å²) in [6.45, 7) is 5.42. The van der Waals surface area contributed by atoms with E-state index in [-0.39, 0.29) is 13.2 Å². The number of esters is 1. The lowest BCUT2D eigenvalue weighted by Crippen LogP contribution is -2.30. The molecule has 0 aromatic heterocycles. The molecule has 6 nitrogen and oxygen atoms in total. The van der Waals surface area contributed by atoms with E-state index < -0.39 is 23.5 Å². The van der Waals surface area contributed by atoms with Crippen molar-refractivity contribution in [3.63, 3.8) is 0 Å². The Morgan fingerprint density at radius 3 is 2.19 bits per heavy atom. The third-order valence-electron chi connectivity index (χ3n) is 2.53. The molecule has 0 radical (unpaired) electrons. The molecule has 1 aromatic rings. The molecule has 0 fully saturated rings. The van der Waals surface area contributed by atoms with Gasteiger partial charge in [0.2, 0.25) is 5.70 Å². The van der Waals surface area contributed by atoms with E-state index in [2.05, 4.69) is 5.32 Å². The van der Waals surface area contributed by atoms with E-state index in [1.165, 1.54) is 0 Å². The predicted molar refractivity (Wildman–Crippen MR) is 76.6 cm³/mol. The number of aliphatic hydroxyl groups is 1. The van der Waals surface area contributed by atoms with Crippen molar-refractivity contribution < 1.29 is 24.2 Å². The molecule has 0 heterocycles. The summed E-state index contributed by atoms with van der Waals surface area (Å²) in [6.07, 6.45) is 0. The zero-order chi connectivity index (χ0) is 15.8. The van der Waals surface area contributed by atoms with E-state index in [1.54, 1.807) is 38.1 Å². The van der Waals surface area contributed by atoms with Crippen LogP contribution in [0.3, 0.4) is 0 Å². The molecule has 0 saturated carbocycles. The molecule has 2 N–H and O–H groups in total. The number of hydrogen-bond acceptors (Lipinski definition) is 5. The van der Waals surface area contributed by atoms with Gasteiger partial charge in [-0.25, -0.2) is 4.79 Å². The van der Waals surface area contributed by atoms with Gasteiger partial charge in [-0.1, -0.05) is 17.7 Å². The fraction of sp³-hybridized carbons (Fsp3) is 0.333. The average Bonchev–Trinajstić information content (AvgIpc) is 2.45. The predicted octanol–water partition coefficient (Wildman–Crippen LogP) is 2.05. The molecule has 0 unspecified atom stereocenters. The molecule has 21 heavy (non-hydrogen) atoms. The first kappa shape index (κ1) is 16.6. The number of carbonyl (C=O) groups excluding carboxylic acids is 2. The Morgan fingerprint density at radius 2 is 1.67 bits per heavy atom. The summed E-state index contributed by atoms with van der Waals surface area (Å²) in [7, 11) is 0. The van der Waals surface area contributed by atoms with Crippen LogP contribution in [0.25, 0.3) is 0 Å². The number of benzene rings is 1. The third-order valence-corrected chi connectivity index (χ3v) is 2.53. The number of hydrogen-bond donors (Lipinski definition) is 2.